The predicted octanol–water partition coefficient (Wildman–Crippen LogP) is 4.02. The highest BCUT2D eigenvalue weighted by Gasteiger charge is 2.31. The van der Waals surface area contributed by atoms with Crippen LogP contribution in [0.4, 0.5) is 5.82 Å². The third kappa shape index (κ3) is 3.13. The fourth-order valence-corrected chi connectivity index (χ4v) is 3.57. The molecule has 1 aliphatic rings. The van der Waals surface area contributed by atoms with Crippen molar-refractivity contribution >= 4 is 23.3 Å². The molecular formula is C20H18ClN3O3. The summed E-state index contributed by atoms with van der Waals surface area (Å²) in [6.07, 6.45) is 2.02. The van der Waals surface area contributed by atoms with Crippen LogP contribution in [-0.2, 0) is 4.79 Å². The minimum absolute atomic E-state index is 0.0679. The Balaban J connectivity index is 1.83. The van der Waals surface area contributed by atoms with Crippen LogP contribution < -0.4 is 14.8 Å². The van der Waals surface area contributed by atoms with E-state index in [0.29, 0.717) is 28.8 Å². The van der Waals surface area contributed by atoms with Gasteiger partial charge in [0.05, 0.1) is 25.6 Å². The van der Waals surface area contributed by atoms with Crippen LogP contribution in [0.3, 0.4) is 0 Å². The number of amides is 1. The Morgan fingerprint density at radius 1 is 1.19 bits per heavy atom. The van der Waals surface area contributed by atoms with Gasteiger partial charge in [-0.05, 0) is 29.8 Å². The van der Waals surface area contributed by atoms with Crippen molar-refractivity contribution in [3.8, 4) is 17.2 Å². The van der Waals surface area contributed by atoms with Gasteiger partial charge in [-0.2, -0.15) is 0 Å². The van der Waals surface area contributed by atoms with Crippen LogP contribution in [-0.4, -0.2) is 29.7 Å². The van der Waals surface area contributed by atoms with Crippen molar-refractivity contribution in [1.29, 1.82) is 0 Å². The van der Waals surface area contributed by atoms with Gasteiger partial charge in [-0.3, -0.25) is 9.36 Å². The first-order valence-corrected chi connectivity index (χ1v) is 8.83. The van der Waals surface area contributed by atoms with E-state index in [1.807, 2.05) is 41.0 Å². The van der Waals surface area contributed by atoms with Crippen LogP contribution in [0, 0.1) is 0 Å². The molecule has 7 heteroatoms. The molecule has 0 radical (unpaired) electrons. The van der Waals surface area contributed by atoms with Crippen LogP contribution in [0.25, 0.3) is 5.69 Å². The fraction of sp³-hybridized carbons (Fsp3) is 0.200. The number of imidazole rings is 1. The lowest BCUT2D eigenvalue weighted by Gasteiger charge is -2.24. The molecule has 1 aliphatic heterocycles. The molecule has 0 spiro atoms. The third-order valence-corrected chi connectivity index (χ3v) is 4.91. The van der Waals surface area contributed by atoms with Crippen LogP contribution in [0.2, 0.25) is 5.02 Å². The van der Waals surface area contributed by atoms with Gasteiger partial charge < -0.3 is 14.8 Å². The summed E-state index contributed by atoms with van der Waals surface area (Å²) in [5.74, 6) is 1.72. The van der Waals surface area contributed by atoms with E-state index in [-0.39, 0.29) is 11.8 Å². The Morgan fingerprint density at radius 3 is 2.78 bits per heavy atom. The Kier molecular flexibility index (Phi) is 4.49. The molecule has 2 heterocycles. The fourth-order valence-electron chi connectivity index (χ4n) is 3.37. The number of fused-ring (bicyclic) bond motifs is 1. The molecule has 1 aromatic heterocycles. The number of carbonyl (C=O) groups excluding carboxylic acids is 1. The number of methoxy groups -OCH3 is 2. The van der Waals surface area contributed by atoms with Gasteiger partial charge >= 0.3 is 0 Å². The zero-order valence-electron chi connectivity index (χ0n) is 14.9. The second-order valence-corrected chi connectivity index (χ2v) is 6.68. The molecule has 138 valence electrons. The quantitative estimate of drug-likeness (QED) is 0.739. The maximum Gasteiger partial charge on any atom is 0.226 e. The second-order valence-electron chi connectivity index (χ2n) is 6.25. The SMILES string of the molecule is COc1ccc(-n2cnc3c2NC(=O)C[C@@H]3c2cccc(Cl)c2)c(OC)c1. The summed E-state index contributed by atoms with van der Waals surface area (Å²) in [7, 11) is 3.19. The average Bonchev–Trinajstić information content (AvgIpc) is 3.10. The summed E-state index contributed by atoms with van der Waals surface area (Å²) in [6, 6.07) is 13.0. The minimum Gasteiger partial charge on any atom is -0.497 e. The molecule has 3 aromatic rings. The molecule has 27 heavy (non-hydrogen) atoms. The number of anilines is 1. The van der Waals surface area contributed by atoms with E-state index in [1.54, 1.807) is 26.6 Å². The molecule has 0 unspecified atom stereocenters. The number of hydrogen-bond donors (Lipinski definition) is 1. The monoisotopic (exact) mass is 383 g/mol. The largest absolute Gasteiger partial charge is 0.497 e. The van der Waals surface area contributed by atoms with Crippen molar-refractivity contribution in [3.05, 3.63) is 65.1 Å². The number of benzene rings is 2. The van der Waals surface area contributed by atoms with E-state index in [4.69, 9.17) is 21.1 Å². The van der Waals surface area contributed by atoms with Gasteiger partial charge in [-0.25, -0.2) is 4.98 Å². The Morgan fingerprint density at radius 2 is 2.04 bits per heavy atom. The van der Waals surface area contributed by atoms with E-state index >= 15 is 0 Å². The number of halogens is 1. The molecule has 0 saturated heterocycles. The molecular weight excluding hydrogens is 366 g/mol. The van der Waals surface area contributed by atoms with Crippen molar-refractivity contribution in [1.82, 2.24) is 9.55 Å². The van der Waals surface area contributed by atoms with E-state index < -0.39 is 0 Å². The molecule has 0 saturated carbocycles. The number of nitrogens with one attached hydrogen (secondary N) is 1. The van der Waals surface area contributed by atoms with Crippen molar-refractivity contribution < 1.29 is 14.3 Å². The third-order valence-electron chi connectivity index (χ3n) is 4.67. The maximum absolute atomic E-state index is 12.4. The molecule has 1 atom stereocenters. The lowest BCUT2D eigenvalue weighted by Crippen LogP contribution is -2.25. The van der Waals surface area contributed by atoms with Gasteiger partial charge in [-0.1, -0.05) is 23.7 Å². The van der Waals surface area contributed by atoms with Gasteiger partial charge in [-0.15, -0.1) is 0 Å². The zero-order chi connectivity index (χ0) is 19.0. The van der Waals surface area contributed by atoms with Crippen molar-refractivity contribution in [3.63, 3.8) is 0 Å². The summed E-state index contributed by atoms with van der Waals surface area (Å²) in [4.78, 5) is 17.0. The Labute approximate surface area is 161 Å². The molecule has 2 aromatic carbocycles. The highest BCUT2D eigenvalue weighted by atomic mass is 35.5. The Hall–Kier alpha value is -2.99. The summed E-state index contributed by atoms with van der Waals surface area (Å²) >= 11 is 6.14. The number of aromatic nitrogens is 2. The van der Waals surface area contributed by atoms with Crippen molar-refractivity contribution in [2.75, 3.05) is 19.5 Å². The molecule has 0 aliphatic carbocycles. The number of rotatable bonds is 4. The van der Waals surface area contributed by atoms with Gasteiger partial charge in [0, 0.05) is 23.4 Å². The minimum atomic E-state index is -0.155. The first-order chi connectivity index (χ1) is 13.1. The van der Waals surface area contributed by atoms with Gasteiger partial charge in [0.2, 0.25) is 5.91 Å². The first-order valence-electron chi connectivity index (χ1n) is 8.45. The van der Waals surface area contributed by atoms with E-state index in [9.17, 15) is 4.79 Å². The van der Waals surface area contributed by atoms with E-state index in [2.05, 4.69) is 10.3 Å². The van der Waals surface area contributed by atoms with Crippen LogP contribution >= 0.6 is 11.6 Å². The van der Waals surface area contributed by atoms with Crippen LogP contribution in [0.1, 0.15) is 23.6 Å². The lowest BCUT2D eigenvalue weighted by molar-refractivity contribution is -0.116. The zero-order valence-corrected chi connectivity index (χ0v) is 15.7. The maximum atomic E-state index is 12.4. The van der Waals surface area contributed by atoms with Gasteiger partial charge in [0.1, 0.15) is 23.6 Å². The van der Waals surface area contributed by atoms with E-state index in [0.717, 1.165) is 16.9 Å². The smallest absolute Gasteiger partial charge is 0.226 e. The van der Waals surface area contributed by atoms with Crippen molar-refractivity contribution in [2.45, 2.75) is 12.3 Å². The lowest BCUT2D eigenvalue weighted by atomic mass is 9.90. The normalized spacial score (nSPS) is 15.8. The number of ether oxygens (including phenoxy) is 2. The average molecular weight is 384 g/mol. The first kappa shape index (κ1) is 17.4. The molecule has 6 nitrogen and oxygen atoms in total. The molecule has 1 N–H and O–H groups in total. The van der Waals surface area contributed by atoms with Crippen molar-refractivity contribution in [2.24, 2.45) is 0 Å². The topological polar surface area (TPSA) is 65.4 Å². The predicted molar refractivity (Wildman–Crippen MR) is 103 cm³/mol. The summed E-state index contributed by atoms with van der Waals surface area (Å²) in [6.45, 7) is 0. The molecule has 4 rings (SSSR count). The number of hydrogen-bond acceptors (Lipinski definition) is 4. The van der Waals surface area contributed by atoms with Crippen LogP contribution in [0.15, 0.2) is 48.8 Å². The summed E-state index contributed by atoms with van der Waals surface area (Å²) < 4.78 is 12.6. The molecule has 1 amide bonds. The van der Waals surface area contributed by atoms with Gasteiger partial charge in [0.15, 0.2) is 0 Å². The standard InChI is InChI=1S/C20H18ClN3O3/c1-26-14-6-7-16(17(9-14)27-2)24-11-22-19-15(10-18(25)23-20(19)24)12-4-3-5-13(21)8-12/h3-9,11,15H,10H2,1-2H3,(H,23,25)/t15-/m1/s1. The highest BCUT2D eigenvalue weighted by molar-refractivity contribution is 6.30. The van der Waals surface area contributed by atoms with Crippen LogP contribution in [0.5, 0.6) is 11.5 Å². The summed E-state index contributed by atoms with van der Waals surface area (Å²) in [5.41, 5.74) is 2.53. The number of carbonyl (C=O) groups is 1. The molecule has 0 fully saturated rings. The Bertz CT molecular complexity index is 1020. The highest BCUT2D eigenvalue weighted by Crippen LogP contribution is 2.39. The summed E-state index contributed by atoms with van der Waals surface area (Å²) in [5, 5.41) is 3.58. The van der Waals surface area contributed by atoms with Gasteiger partial charge in [0.25, 0.3) is 0 Å². The second kappa shape index (κ2) is 6.96. The number of nitrogens with zero attached hydrogens (tertiary/aromatic N) is 2. The molecule has 0 bridgehead atoms. The van der Waals surface area contributed by atoms with E-state index in [1.165, 1.54) is 0 Å².